The predicted molar refractivity (Wildman–Crippen MR) is 195 cm³/mol. The molecule has 8 nitrogen and oxygen atoms in total. The van der Waals surface area contributed by atoms with Crippen LogP contribution in [0.1, 0.15) is 66.6 Å². The molecule has 51 heavy (non-hydrogen) atoms. The van der Waals surface area contributed by atoms with Gasteiger partial charge in [-0.2, -0.15) is 21.6 Å². The molecule has 278 valence electrons. The van der Waals surface area contributed by atoms with Crippen LogP contribution < -0.4 is 10.1 Å². The first-order valence-corrected chi connectivity index (χ1v) is 17.9. The number of benzene rings is 4. The minimum Gasteiger partial charge on any atom is -0.486 e. The third kappa shape index (κ3) is 13.9. The molecule has 2 bridgehead atoms. The van der Waals surface area contributed by atoms with Crippen molar-refractivity contribution in [3.8, 4) is 5.75 Å². The molecule has 3 unspecified atom stereocenters. The van der Waals surface area contributed by atoms with Gasteiger partial charge in [-0.25, -0.2) is 0 Å². The van der Waals surface area contributed by atoms with E-state index in [1.54, 1.807) is 0 Å². The molecule has 0 radical (unpaired) electrons. The minimum absolute atomic E-state index is 0. The van der Waals surface area contributed by atoms with Gasteiger partial charge in [0.05, 0.1) is 11.7 Å². The molecular weight excluding hydrogens is 705 g/mol. The van der Waals surface area contributed by atoms with E-state index in [1.807, 2.05) is 37.4 Å². The van der Waals surface area contributed by atoms with Gasteiger partial charge in [-0.1, -0.05) is 91.0 Å². The van der Waals surface area contributed by atoms with E-state index in [4.69, 9.17) is 27.0 Å². The SMILES string of the molecule is CN1C2CCC1CC(OC(c1ccccc1)c1ccccc1)C2.CNCCC(Oc1ccc(C(F)(F)F)cc1)c1ccccc1.Cl.O=S(=O)(O)O. The van der Waals surface area contributed by atoms with Crippen molar-refractivity contribution in [1.29, 1.82) is 0 Å². The Morgan fingerprint density at radius 2 is 1.22 bits per heavy atom. The van der Waals surface area contributed by atoms with Gasteiger partial charge in [-0.3, -0.25) is 9.11 Å². The first-order valence-electron chi connectivity index (χ1n) is 16.5. The zero-order valence-corrected chi connectivity index (χ0v) is 30.2. The summed E-state index contributed by atoms with van der Waals surface area (Å²) in [7, 11) is -0.537. The van der Waals surface area contributed by atoms with Gasteiger partial charge in [0, 0.05) is 18.5 Å². The Balaban J connectivity index is 0.000000240. The Morgan fingerprint density at radius 3 is 1.63 bits per heavy atom. The van der Waals surface area contributed by atoms with Gasteiger partial charge in [-0.15, -0.1) is 12.4 Å². The van der Waals surface area contributed by atoms with Crippen LogP contribution in [0.2, 0.25) is 0 Å². The summed E-state index contributed by atoms with van der Waals surface area (Å²) in [5.74, 6) is 0.429. The number of nitrogens with zero attached hydrogens (tertiary/aromatic N) is 1. The average Bonchev–Trinajstić information content (AvgIpc) is 3.29. The van der Waals surface area contributed by atoms with Gasteiger partial charge in [0.2, 0.25) is 0 Å². The van der Waals surface area contributed by atoms with Crippen LogP contribution in [0.4, 0.5) is 13.2 Å². The number of alkyl halides is 3. The molecule has 4 aromatic carbocycles. The summed E-state index contributed by atoms with van der Waals surface area (Å²) in [5.41, 5.74) is 2.83. The van der Waals surface area contributed by atoms with Crippen LogP contribution in [0.15, 0.2) is 115 Å². The van der Waals surface area contributed by atoms with Crippen LogP contribution in [0.3, 0.4) is 0 Å². The number of hydrogen-bond donors (Lipinski definition) is 3. The zero-order chi connectivity index (χ0) is 36.1. The van der Waals surface area contributed by atoms with Crippen LogP contribution >= 0.6 is 12.4 Å². The lowest BCUT2D eigenvalue weighted by Crippen LogP contribution is -2.43. The summed E-state index contributed by atoms with van der Waals surface area (Å²) >= 11 is 0. The maximum Gasteiger partial charge on any atom is 0.416 e. The summed E-state index contributed by atoms with van der Waals surface area (Å²) in [5, 5.41) is 3.05. The smallest absolute Gasteiger partial charge is 0.416 e. The normalized spacial score (nSPS) is 19.1. The highest BCUT2D eigenvalue weighted by Gasteiger charge is 2.39. The van der Waals surface area contributed by atoms with Gasteiger partial charge in [0.15, 0.2) is 0 Å². The van der Waals surface area contributed by atoms with E-state index < -0.39 is 22.1 Å². The van der Waals surface area contributed by atoms with Crippen LogP contribution in [-0.4, -0.2) is 61.3 Å². The second-order valence-corrected chi connectivity index (χ2v) is 13.3. The molecular formula is C38H46ClF3N2O6S. The van der Waals surface area contributed by atoms with Crippen LogP contribution in [0.5, 0.6) is 5.75 Å². The fourth-order valence-electron chi connectivity index (χ4n) is 6.39. The van der Waals surface area contributed by atoms with Crippen molar-refractivity contribution in [2.45, 2.75) is 68.7 Å². The lowest BCUT2D eigenvalue weighted by molar-refractivity contribution is -0.137. The van der Waals surface area contributed by atoms with E-state index in [1.165, 1.54) is 48.9 Å². The van der Waals surface area contributed by atoms with E-state index >= 15 is 0 Å². The first-order chi connectivity index (χ1) is 23.8. The molecule has 2 aliphatic rings. The van der Waals surface area contributed by atoms with E-state index in [2.05, 4.69) is 77.9 Å². The minimum atomic E-state index is -4.67. The summed E-state index contributed by atoms with van der Waals surface area (Å²) in [4.78, 5) is 2.57. The monoisotopic (exact) mass is 750 g/mol. The number of ether oxygens (including phenoxy) is 2. The Kier molecular flexibility index (Phi) is 16.4. The lowest BCUT2D eigenvalue weighted by atomic mass is 9.97. The van der Waals surface area contributed by atoms with Gasteiger partial charge in [0.1, 0.15) is 18.0 Å². The number of rotatable bonds is 10. The van der Waals surface area contributed by atoms with Crippen molar-refractivity contribution < 1.29 is 40.2 Å². The van der Waals surface area contributed by atoms with Gasteiger partial charge in [0.25, 0.3) is 0 Å². The third-order valence-corrected chi connectivity index (χ3v) is 8.88. The van der Waals surface area contributed by atoms with Crippen LogP contribution in [0, 0.1) is 0 Å². The maximum atomic E-state index is 12.6. The molecule has 2 heterocycles. The molecule has 2 aliphatic heterocycles. The van der Waals surface area contributed by atoms with E-state index in [-0.39, 0.29) is 24.6 Å². The molecule has 4 aromatic rings. The standard InChI is InChI=1S/C21H25NO.C17H18F3NO.ClH.H2O4S/c1-22-18-12-13-19(22)15-20(14-18)23-21(16-8-4-2-5-9-16)17-10-6-3-7-11-17;1-21-12-11-16(13-5-3-2-4-6-13)22-15-9-7-14(8-10-15)17(18,19)20;;1-5(2,3)4/h2-11,18-21H,12-15H2,1H3;2-10,16,21H,11-12H2,1H3;1H;(H2,1,2,3,4). The topological polar surface area (TPSA) is 108 Å². The summed E-state index contributed by atoms with van der Waals surface area (Å²) in [6, 6.07) is 37.1. The van der Waals surface area contributed by atoms with Gasteiger partial charge in [-0.05, 0) is 87.3 Å². The Morgan fingerprint density at radius 1 is 0.784 bits per heavy atom. The fourth-order valence-corrected chi connectivity index (χ4v) is 6.39. The van der Waals surface area contributed by atoms with Crippen molar-refractivity contribution in [3.05, 3.63) is 138 Å². The van der Waals surface area contributed by atoms with Gasteiger partial charge >= 0.3 is 16.6 Å². The van der Waals surface area contributed by atoms with Crippen LogP contribution in [-0.2, 0) is 21.3 Å². The molecule has 13 heteroatoms. The number of hydrogen-bond acceptors (Lipinski definition) is 6. The number of fused-ring (bicyclic) bond motifs is 2. The second kappa shape index (κ2) is 19.9. The molecule has 0 aromatic heterocycles. The quantitative estimate of drug-likeness (QED) is 0.138. The van der Waals surface area contributed by atoms with Crippen molar-refractivity contribution in [2.75, 3.05) is 20.6 Å². The number of nitrogens with one attached hydrogen (secondary N) is 1. The van der Waals surface area contributed by atoms with Crippen molar-refractivity contribution in [2.24, 2.45) is 0 Å². The first kappa shape index (κ1) is 41.9. The van der Waals surface area contributed by atoms with E-state index in [0.29, 0.717) is 23.9 Å². The third-order valence-electron chi connectivity index (χ3n) is 8.88. The predicted octanol–water partition coefficient (Wildman–Crippen LogP) is 8.62. The molecule has 3 atom stereocenters. The number of halogens is 4. The summed E-state index contributed by atoms with van der Waals surface area (Å²) < 4.78 is 81.8. The summed E-state index contributed by atoms with van der Waals surface area (Å²) in [6.07, 6.45) is 1.62. The molecule has 2 saturated heterocycles. The van der Waals surface area contributed by atoms with Gasteiger partial charge < -0.3 is 19.7 Å². The largest absolute Gasteiger partial charge is 0.486 e. The maximum absolute atomic E-state index is 12.6. The van der Waals surface area contributed by atoms with Crippen molar-refractivity contribution in [3.63, 3.8) is 0 Å². The molecule has 0 saturated carbocycles. The Labute approximate surface area is 305 Å². The number of piperidine rings is 1. The average molecular weight is 751 g/mol. The highest BCUT2D eigenvalue weighted by Crippen LogP contribution is 2.39. The highest BCUT2D eigenvalue weighted by molar-refractivity contribution is 7.79. The Hall–Kier alpha value is -3.49. The molecule has 6 rings (SSSR count). The van der Waals surface area contributed by atoms with Crippen LogP contribution in [0.25, 0.3) is 0 Å². The van der Waals surface area contributed by atoms with E-state index in [0.717, 1.165) is 30.7 Å². The fraction of sp³-hybridized carbons (Fsp3) is 0.368. The lowest BCUT2D eigenvalue weighted by Gasteiger charge is -2.38. The zero-order valence-electron chi connectivity index (χ0n) is 28.5. The molecule has 3 N–H and O–H groups in total. The molecule has 2 fully saturated rings. The second-order valence-electron chi connectivity index (χ2n) is 12.4. The molecule has 0 amide bonds. The Bertz CT molecular complexity index is 1610. The molecule has 0 spiro atoms. The van der Waals surface area contributed by atoms with E-state index in [9.17, 15) is 13.2 Å². The van der Waals surface area contributed by atoms with Crippen molar-refractivity contribution >= 4 is 22.8 Å². The van der Waals surface area contributed by atoms with Crippen molar-refractivity contribution in [1.82, 2.24) is 10.2 Å². The molecule has 0 aliphatic carbocycles. The summed E-state index contributed by atoms with van der Waals surface area (Å²) in [6.45, 7) is 0.750. The highest BCUT2D eigenvalue weighted by atomic mass is 35.5.